The van der Waals surface area contributed by atoms with Crippen LogP contribution in [0.15, 0.2) is 47.4 Å². The Morgan fingerprint density at radius 2 is 1.91 bits per heavy atom. The number of nitrogens with zero attached hydrogens (tertiary/aromatic N) is 1. The highest BCUT2D eigenvalue weighted by atomic mass is 35.5. The molecular weight excluding hydrogens is 470 g/mol. The van der Waals surface area contributed by atoms with Gasteiger partial charge in [-0.05, 0) is 48.7 Å². The lowest BCUT2D eigenvalue weighted by Crippen LogP contribution is -2.53. The Bertz CT molecular complexity index is 1120. The molecule has 33 heavy (non-hydrogen) atoms. The molecule has 11 heteroatoms. The van der Waals surface area contributed by atoms with Crippen molar-refractivity contribution in [1.82, 2.24) is 14.9 Å². The van der Waals surface area contributed by atoms with E-state index < -0.39 is 28.1 Å². The van der Waals surface area contributed by atoms with Crippen LogP contribution in [0.2, 0.25) is 5.02 Å². The van der Waals surface area contributed by atoms with Crippen LogP contribution in [0.4, 0.5) is 0 Å². The fourth-order valence-electron chi connectivity index (χ4n) is 3.41. The summed E-state index contributed by atoms with van der Waals surface area (Å²) < 4.78 is 38.4. The lowest BCUT2D eigenvalue weighted by Gasteiger charge is -2.34. The molecule has 1 fully saturated rings. The van der Waals surface area contributed by atoms with Crippen LogP contribution >= 0.6 is 11.6 Å². The maximum atomic E-state index is 13.2. The number of ether oxygens (including phenoxy) is 2. The zero-order valence-corrected chi connectivity index (χ0v) is 19.9. The van der Waals surface area contributed by atoms with Crippen molar-refractivity contribution in [1.29, 1.82) is 0 Å². The molecule has 9 nitrogen and oxygen atoms in total. The number of halogens is 1. The minimum Gasteiger partial charge on any atom is -0.496 e. The molecule has 3 rings (SSSR count). The Morgan fingerprint density at radius 1 is 1.18 bits per heavy atom. The van der Waals surface area contributed by atoms with E-state index in [-0.39, 0.29) is 24.5 Å². The summed E-state index contributed by atoms with van der Waals surface area (Å²) in [6, 6.07) is 11.5. The van der Waals surface area contributed by atoms with Gasteiger partial charge < -0.3 is 20.1 Å². The molecule has 2 aromatic carbocycles. The highest BCUT2D eigenvalue weighted by molar-refractivity contribution is 7.89. The highest BCUT2D eigenvalue weighted by Gasteiger charge is 2.35. The van der Waals surface area contributed by atoms with E-state index in [0.29, 0.717) is 34.9 Å². The molecule has 0 bridgehead atoms. The summed E-state index contributed by atoms with van der Waals surface area (Å²) in [6.07, 6.45) is -0.427. The van der Waals surface area contributed by atoms with Crippen LogP contribution in [0, 0.1) is 6.92 Å². The number of benzene rings is 2. The molecule has 0 aromatic heterocycles. The van der Waals surface area contributed by atoms with Crippen LogP contribution in [0.25, 0.3) is 0 Å². The predicted octanol–water partition coefficient (Wildman–Crippen LogP) is 1.83. The van der Waals surface area contributed by atoms with Gasteiger partial charge in [-0.25, -0.2) is 8.42 Å². The first-order chi connectivity index (χ1) is 15.7. The van der Waals surface area contributed by atoms with Gasteiger partial charge in [-0.3, -0.25) is 9.59 Å². The number of hydrogen-bond acceptors (Lipinski definition) is 6. The minimum atomic E-state index is -3.89. The van der Waals surface area contributed by atoms with E-state index in [4.69, 9.17) is 21.1 Å². The fraction of sp³-hybridized carbons (Fsp3) is 0.364. The van der Waals surface area contributed by atoms with Crippen LogP contribution in [0.1, 0.15) is 17.5 Å². The zero-order chi connectivity index (χ0) is 24.0. The molecule has 0 spiro atoms. The molecule has 2 aromatic rings. The molecule has 1 aliphatic rings. The molecule has 0 saturated carbocycles. The number of hydrogen-bond donors (Lipinski definition) is 2. The maximum absolute atomic E-state index is 13.2. The van der Waals surface area contributed by atoms with Crippen LogP contribution in [-0.4, -0.2) is 57.6 Å². The van der Waals surface area contributed by atoms with Crippen molar-refractivity contribution in [3.63, 3.8) is 0 Å². The third-order valence-corrected chi connectivity index (χ3v) is 7.42. The van der Waals surface area contributed by atoms with Gasteiger partial charge >= 0.3 is 11.8 Å². The van der Waals surface area contributed by atoms with Gasteiger partial charge in [0.15, 0.2) is 0 Å². The van der Waals surface area contributed by atoms with Crippen LogP contribution in [-0.2, 0) is 30.9 Å². The highest BCUT2D eigenvalue weighted by Crippen LogP contribution is 2.26. The molecule has 2 amide bonds. The molecule has 1 aliphatic heterocycles. The summed E-state index contributed by atoms with van der Waals surface area (Å²) in [5.74, 6) is -1.17. The first-order valence-corrected chi connectivity index (χ1v) is 12.1. The molecule has 1 atom stereocenters. The standard InChI is InChI=1S/C22H26ClN3O6S/c1-15-12-17(8-9-19(15)31-2)33(29,30)26-10-5-11-32-20(26)14-25-22(28)21(27)24-13-16-6-3-4-7-18(16)23/h3-4,6-9,12,20H,5,10-11,13-14H2,1-2H3,(H,24,27)(H,25,28)/t20-/m0/s1. The molecule has 0 aliphatic carbocycles. The Kier molecular flexibility index (Phi) is 8.30. The van der Waals surface area contributed by atoms with Crippen molar-refractivity contribution in [3.8, 4) is 5.75 Å². The third-order valence-electron chi connectivity index (χ3n) is 5.17. The Hall–Kier alpha value is -2.66. The van der Waals surface area contributed by atoms with E-state index >= 15 is 0 Å². The van der Waals surface area contributed by atoms with Gasteiger partial charge in [-0.1, -0.05) is 29.8 Å². The SMILES string of the molecule is COc1ccc(S(=O)(=O)N2CCCO[C@H]2CNC(=O)C(=O)NCc2ccccc2Cl)cc1C. The lowest BCUT2D eigenvalue weighted by atomic mass is 10.2. The maximum Gasteiger partial charge on any atom is 0.309 e. The minimum absolute atomic E-state index is 0.0865. The second-order valence-corrected chi connectivity index (χ2v) is 9.71. The van der Waals surface area contributed by atoms with Gasteiger partial charge in [0, 0.05) is 18.1 Å². The van der Waals surface area contributed by atoms with Crippen molar-refractivity contribution in [2.45, 2.75) is 31.0 Å². The number of rotatable bonds is 7. The molecule has 2 N–H and O–H groups in total. The van der Waals surface area contributed by atoms with E-state index in [0.717, 1.165) is 0 Å². The first-order valence-electron chi connectivity index (χ1n) is 10.3. The number of methoxy groups -OCH3 is 1. The second-order valence-electron chi connectivity index (χ2n) is 7.41. The van der Waals surface area contributed by atoms with Crippen LogP contribution < -0.4 is 15.4 Å². The number of carbonyl (C=O) groups excluding carboxylic acids is 2. The fourth-order valence-corrected chi connectivity index (χ4v) is 5.26. The Balaban J connectivity index is 1.63. The molecular formula is C22H26ClN3O6S. The normalized spacial score (nSPS) is 16.8. The lowest BCUT2D eigenvalue weighted by molar-refractivity contribution is -0.140. The summed E-state index contributed by atoms with van der Waals surface area (Å²) >= 11 is 6.05. The van der Waals surface area contributed by atoms with Gasteiger partial charge in [0.2, 0.25) is 10.0 Å². The average molecular weight is 496 g/mol. The van der Waals surface area contributed by atoms with E-state index in [9.17, 15) is 18.0 Å². The zero-order valence-electron chi connectivity index (χ0n) is 18.3. The van der Waals surface area contributed by atoms with Gasteiger partial charge in [0.05, 0.1) is 25.2 Å². The molecule has 178 valence electrons. The third kappa shape index (κ3) is 6.02. The van der Waals surface area contributed by atoms with Gasteiger partial charge in [-0.15, -0.1) is 0 Å². The molecule has 0 radical (unpaired) electrons. The van der Waals surface area contributed by atoms with Crippen molar-refractivity contribution < 1.29 is 27.5 Å². The number of nitrogens with one attached hydrogen (secondary N) is 2. The van der Waals surface area contributed by atoms with Crippen LogP contribution in [0.5, 0.6) is 5.75 Å². The first kappa shape index (κ1) is 25.0. The molecule has 1 heterocycles. The van der Waals surface area contributed by atoms with E-state index in [1.807, 2.05) is 0 Å². The van der Waals surface area contributed by atoms with E-state index in [1.54, 1.807) is 37.3 Å². The Labute approximate surface area is 198 Å². The smallest absolute Gasteiger partial charge is 0.309 e. The predicted molar refractivity (Wildman–Crippen MR) is 122 cm³/mol. The van der Waals surface area contributed by atoms with Gasteiger partial charge in [-0.2, -0.15) is 4.31 Å². The number of amides is 2. The van der Waals surface area contributed by atoms with Crippen LogP contribution in [0.3, 0.4) is 0 Å². The summed E-state index contributed by atoms with van der Waals surface area (Å²) in [4.78, 5) is 24.5. The van der Waals surface area contributed by atoms with Gasteiger partial charge in [0.1, 0.15) is 12.0 Å². The summed E-state index contributed by atoms with van der Waals surface area (Å²) in [6.45, 7) is 2.24. The summed E-state index contributed by atoms with van der Waals surface area (Å²) in [7, 11) is -2.38. The monoisotopic (exact) mass is 495 g/mol. The quantitative estimate of drug-likeness (QED) is 0.566. The van der Waals surface area contributed by atoms with Crippen molar-refractivity contribution in [3.05, 3.63) is 58.6 Å². The van der Waals surface area contributed by atoms with E-state index in [2.05, 4.69) is 10.6 Å². The topological polar surface area (TPSA) is 114 Å². The van der Waals surface area contributed by atoms with E-state index in [1.165, 1.54) is 23.5 Å². The largest absolute Gasteiger partial charge is 0.496 e. The van der Waals surface area contributed by atoms with Crippen molar-refractivity contribution >= 4 is 33.4 Å². The van der Waals surface area contributed by atoms with Crippen molar-refractivity contribution in [2.24, 2.45) is 0 Å². The molecule has 1 saturated heterocycles. The molecule has 0 unspecified atom stereocenters. The summed E-state index contributed by atoms with van der Waals surface area (Å²) in [5, 5.41) is 5.42. The van der Waals surface area contributed by atoms with Gasteiger partial charge in [0.25, 0.3) is 0 Å². The Morgan fingerprint density at radius 3 is 2.61 bits per heavy atom. The number of aryl methyl sites for hydroxylation is 1. The van der Waals surface area contributed by atoms with Crippen molar-refractivity contribution in [2.75, 3.05) is 26.8 Å². The number of sulfonamides is 1. The average Bonchev–Trinajstić information content (AvgIpc) is 2.81. The number of carbonyl (C=O) groups is 2. The summed E-state index contributed by atoms with van der Waals surface area (Å²) in [5.41, 5.74) is 1.35. The second kappa shape index (κ2) is 11.0.